The lowest BCUT2D eigenvalue weighted by Gasteiger charge is -2.21. The number of carbonyl (C=O) groups excluding carboxylic acids is 1. The zero-order valence-corrected chi connectivity index (χ0v) is 16.1. The number of benzene rings is 3. The molecule has 0 radical (unpaired) electrons. The van der Waals surface area contributed by atoms with Crippen LogP contribution in [0.3, 0.4) is 0 Å². The number of halogens is 1. The van der Waals surface area contributed by atoms with E-state index in [0.29, 0.717) is 15.3 Å². The molecule has 0 saturated carbocycles. The Bertz CT molecular complexity index is 1230. The molecule has 0 unspecified atom stereocenters. The Morgan fingerprint density at radius 3 is 2.59 bits per heavy atom. The average Bonchev–Trinajstić information content (AvgIpc) is 2.98. The minimum Gasteiger partial charge on any atom is -0.487 e. The highest BCUT2D eigenvalue weighted by Gasteiger charge is 2.38. The molecular weight excluding hydrogens is 395 g/mol. The second-order valence-electron chi connectivity index (χ2n) is 6.53. The molecule has 1 amide bonds. The molecule has 148 valence electrons. The third kappa shape index (κ3) is 3.54. The van der Waals surface area contributed by atoms with Crippen molar-refractivity contribution < 1.29 is 22.3 Å². The monoisotopic (exact) mass is 412 g/mol. The lowest BCUT2D eigenvalue weighted by atomic mass is 10.0. The van der Waals surface area contributed by atoms with Crippen molar-refractivity contribution in [3.8, 4) is 5.75 Å². The fraction of sp³-hybridized carbons (Fsp3) is 0.0952. The largest absolute Gasteiger partial charge is 0.487 e. The van der Waals surface area contributed by atoms with Gasteiger partial charge in [-0.3, -0.25) is 4.79 Å². The summed E-state index contributed by atoms with van der Waals surface area (Å²) >= 11 is 0. The summed E-state index contributed by atoms with van der Waals surface area (Å²) in [7, 11) is -4.21. The predicted molar refractivity (Wildman–Crippen MR) is 109 cm³/mol. The Morgan fingerprint density at radius 2 is 1.93 bits per heavy atom. The molecule has 0 bridgehead atoms. The van der Waals surface area contributed by atoms with E-state index in [0.717, 1.165) is 5.56 Å². The van der Waals surface area contributed by atoms with Gasteiger partial charge >= 0.3 is 10.2 Å². The molecule has 0 aromatic heterocycles. The van der Waals surface area contributed by atoms with Gasteiger partial charge in [0.05, 0.1) is 0 Å². The highest BCUT2D eigenvalue weighted by atomic mass is 32.2. The van der Waals surface area contributed by atoms with Gasteiger partial charge in [0.25, 0.3) is 5.91 Å². The maximum absolute atomic E-state index is 15.5. The van der Waals surface area contributed by atoms with Gasteiger partial charge in [-0.25, -0.2) is 13.4 Å². The zero-order chi connectivity index (χ0) is 20.6. The molecule has 3 aromatic carbocycles. The summed E-state index contributed by atoms with van der Waals surface area (Å²) in [5.41, 5.74) is 1.21. The van der Waals surface area contributed by atoms with Crippen molar-refractivity contribution in [2.75, 3.05) is 10.8 Å². The first-order chi connectivity index (χ1) is 13.9. The highest BCUT2D eigenvalue weighted by molar-refractivity contribution is 7.92. The number of nitrogens with one attached hydrogen (secondary N) is 1. The van der Waals surface area contributed by atoms with Gasteiger partial charge in [0, 0.05) is 5.39 Å². The van der Waals surface area contributed by atoms with Crippen LogP contribution in [-0.2, 0) is 21.6 Å². The van der Waals surface area contributed by atoms with E-state index in [2.05, 4.69) is 6.58 Å². The van der Waals surface area contributed by atoms with Crippen molar-refractivity contribution in [2.24, 2.45) is 0 Å². The summed E-state index contributed by atoms with van der Waals surface area (Å²) in [6.07, 6.45) is 1.57. The van der Waals surface area contributed by atoms with E-state index in [9.17, 15) is 13.2 Å². The number of hydrogen-bond donors (Lipinski definition) is 1. The number of rotatable bonds is 5. The van der Waals surface area contributed by atoms with E-state index in [1.54, 1.807) is 30.3 Å². The fourth-order valence-corrected chi connectivity index (χ4v) is 4.35. The smallest absolute Gasteiger partial charge is 0.326 e. The molecule has 1 aliphatic rings. The van der Waals surface area contributed by atoms with E-state index in [1.807, 2.05) is 35.1 Å². The lowest BCUT2D eigenvalue weighted by Crippen LogP contribution is -2.30. The first-order valence-electron chi connectivity index (χ1n) is 8.78. The summed E-state index contributed by atoms with van der Waals surface area (Å²) in [6.45, 7) is 3.26. The van der Waals surface area contributed by atoms with Crippen LogP contribution in [-0.4, -0.2) is 20.9 Å². The summed E-state index contributed by atoms with van der Waals surface area (Å²) in [4.78, 5) is 11.7. The summed E-state index contributed by atoms with van der Waals surface area (Å²) in [5, 5.41) is 0.745. The number of anilines is 1. The van der Waals surface area contributed by atoms with Crippen LogP contribution in [0.1, 0.15) is 11.1 Å². The molecule has 0 spiro atoms. The first kappa shape index (κ1) is 18.9. The Balaban J connectivity index is 1.88. The van der Waals surface area contributed by atoms with Crippen molar-refractivity contribution in [3.63, 3.8) is 0 Å². The molecule has 1 N–H and O–H groups in total. The van der Waals surface area contributed by atoms with Crippen molar-refractivity contribution in [1.29, 1.82) is 0 Å². The number of hydrogen-bond acceptors (Lipinski definition) is 4. The number of fused-ring (bicyclic) bond motifs is 1. The third-order valence-electron chi connectivity index (χ3n) is 4.58. The van der Waals surface area contributed by atoms with E-state index in [1.165, 1.54) is 0 Å². The normalized spacial score (nSPS) is 15.3. The maximum Gasteiger partial charge on any atom is 0.326 e. The minimum absolute atomic E-state index is 0.0327. The molecule has 8 heteroatoms. The van der Waals surface area contributed by atoms with Gasteiger partial charge in [-0.1, -0.05) is 55.1 Å². The maximum atomic E-state index is 15.5. The number of amides is 1. The minimum atomic E-state index is -4.21. The molecule has 0 aliphatic carbocycles. The number of carbonyl (C=O) groups is 1. The Kier molecular flexibility index (Phi) is 4.71. The fourth-order valence-electron chi connectivity index (χ4n) is 3.19. The van der Waals surface area contributed by atoms with E-state index in [-0.39, 0.29) is 23.4 Å². The van der Waals surface area contributed by atoms with Crippen molar-refractivity contribution >= 4 is 38.7 Å². The van der Waals surface area contributed by atoms with Crippen LogP contribution in [0.4, 0.5) is 10.1 Å². The van der Waals surface area contributed by atoms with Crippen molar-refractivity contribution in [2.45, 2.75) is 6.61 Å². The topological polar surface area (TPSA) is 75.7 Å². The summed E-state index contributed by atoms with van der Waals surface area (Å²) in [5.74, 6) is -1.49. The standard InChI is InChI=1S/C21H17FN2O4S/c1-2-14-8-9-16-11-18(28-13-15-6-4-3-5-7-15)21(20(22)17(16)10-14)24-12-19(25)23-29(24,26)27/h2-11H,1,12-13H2,(H,23,25). The number of ether oxygens (including phenoxy) is 1. The molecule has 3 aromatic rings. The van der Waals surface area contributed by atoms with Crippen LogP contribution in [0.25, 0.3) is 16.8 Å². The molecule has 1 aliphatic heterocycles. The van der Waals surface area contributed by atoms with Gasteiger partial charge in [0.2, 0.25) is 0 Å². The van der Waals surface area contributed by atoms with Gasteiger partial charge < -0.3 is 4.74 Å². The Morgan fingerprint density at radius 1 is 1.17 bits per heavy atom. The van der Waals surface area contributed by atoms with E-state index in [4.69, 9.17) is 4.74 Å². The van der Waals surface area contributed by atoms with Crippen LogP contribution < -0.4 is 13.8 Å². The lowest BCUT2D eigenvalue weighted by molar-refractivity contribution is -0.117. The van der Waals surface area contributed by atoms with Crippen molar-refractivity contribution in [3.05, 3.63) is 78.1 Å². The summed E-state index contributed by atoms with van der Waals surface area (Å²) < 4.78 is 48.6. The van der Waals surface area contributed by atoms with Crippen LogP contribution in [0.5, 0.6) is 5.75 Å². The van der Waals surface area contributed by atoms with Crippen LogP contribution in [0.2, 0.25) is 0 Å². The second kappa shape index (κ2) is 7.21. The predicted octanol–water partition coefficient (Wildman–Crippen LogP) is 3.38. The average molecular weight is 412 g/mol. The van der Waals surface area contributed by atoms with Crippen molar-refractivity contribution in [1.82, 2.24) is 4.72 Å². The third-order valence-corrected chi connectivity index (χ3v) is 5.96. The molecule has 4 rings (SSSR count). The first-order valence-corrected chi connectivity index (χ1v) is 10.2. The molecule has 1 saturated heterocycles. The number of nitrogens with zero attached hydrogens (tertiary/aromatic N) is 1. The molecular formula is C21H17FN2O4S. The second-order valence-corrected chi connectivity index (χ2v) is 8.13. The van der Waals surface area contributed by atoms with Gasteiger partial charge in [0.15, 0.2) is 5.82 Å². The van der Waals surface area contributed by atoms with Crippen LogP contribution in [0, 0.1) is 5.82 Å². The Labute approximate surface area is 167 Å². The SMILES string of the molecule is C=Cc1ccc2cc(OCc3ccccc3)c(N3CC(=O)NS3(=O)=O)c(F)c2c1. The molecule has 29 heavy (non-hydrogen) atoms. The van der Waals surface area contributed by atoms with E-state index < -0.39 is 28.5 Å². The highest BCUT2D eigenvalue weighted by Crippen LogP contribution is 2.40. The van der Waals surface area contributed by atoms with E-state index >= 15 is 4.39 Å². The van der Waals surface area contributed by atoms with Crippen LogP contribution in [0.15, 0.2) is 61.2 Å². The molecule has 1 fully saturated rings. The quantitative estimate of drug-likeness (QED) is 0.697. The summed E-state index contributed by atoms with van der Waals surface area (Å²) in [6, 6.07) is 15.8. The van der Waals surface area contributed by atoms with Gasteiger partial charge in [0.1, 0.15) is 24.6 Å². The van der Waals surface area contributed by atoms with Gasteiger partial charge in [-0.05, 0) is 28.6 Å². The van der Waals surface area contributed by atoms with Gasteiger partial charge in [-0.2, -0.15) is 8.42 Å². The van der Waals surface area contributed by atoms with Gasteiger partial charge in [-0.15, -0.1) is 0 Å². The molecule has 0 atom stereocenters. The molecule has 1 heterocycles. The zero-order valence-electron chi connectivity index (χ0n) is 15.3. The molecule has 6 nitrogen and oxygen atoms in total. The van der Waals surface area contributed by atoms with Crippen LogP contribution >= 0.6 is 0 Å². The Hall–Kier alpha value is -3.39.